The second-order valence-electron chi connectivity index (χ2n) is 8.35. The van der Waals surface area contributed by atoms with Crippen molar-refractivity contribution >= 4 is 28.2 Å². The summed E-state index contributed by atoms with van der Waals surface area (Å²) in [5.41, 5.74) is 4.67. The van der Waals surface area contributed by atoms with E-state index in [1.807, 2.05) is 18.3 Å². The average molecular weight is 411 g/mol. The van der Waals surface area contributed by atoms with E-state index in [9.17, 15) is 0 Å². The zero-order valence-electron chi connectivity index (χ0n) is 17.9. The minimum atomic E-state index is -0.0890. The van der Waals surface area contributed by atoms with Crippen LogP contribution >= 0.6 is 12.2 Å². The molecular formula is C23H30N4OS. The van der Waals surface area contributed by atoms with Crippen LogP contribution in [0.3, 0.4) is 0 Å². The summed E-state index contributed by atoms with van der Waals surface area (Å²) in [5.74, 6) is 0.870. The van der Waals surface area contributed by atoms with Crippen molar-refractivity contribution in [1.29, 1.82) is 0 Å². The predicted molar refractivity (Wildman–Crippen MR) is 123 cm³/mol. The summed E-state index contributed by atoms with van der Waals surface area (Å²) in [7, 11) is 1.70. The molecule has 0 unspecified atom stereocenters. The van der Waals surface area contributed by atoms with Crippen molar-refractivity contribution in [3.05, 3.63) is 59.5 Å². The number of rotatable bonds is 6. The van der Waals surface area contributed by atoms with Gasteiger partial charge in [0.1, 0.15) is 5.75 Å². The van der Waals surface area contributed by atoms with E-state index in [1.165, 1.54) is 16.6 Å². The molecule has 0 aliphatic carbocycles. The number of pyridine rings is 1. The summed E-state index contributed by atoms with van der Waals surface area (Å²) < 4.78 is 5.42. The first-order chi connectivity index (χ1) is 13.8. The zero-order valence-corrected chi connectivity index (χ0v) is 18.7. The van der Waals surface area contributed by atoms with E-state index in [-0.39, 0.29) is 5.54 Å². The second-order valence-corrected chi connectivity index (χ2v) is 8.74. The van der Waals surface area contributed by atoms with Crippen LogP contribution < -0.4 is 10.1 Å². The van der Waals surface area contributed by atoms with Gasteiger partial charge in [0.05, 0.1) is 7.11 Å². The number of hydrogen-bond donors (Lipinski definition) is 2. The van der Waals surface area contributed by atoms with Crippen molar-refractivity contribution in [3.8, 4) is 5.75 Å². The van der Waals surface area contributed by atoms with Gasteiger partial charge in [0.15, 0.2) is 5.11 Å². The van der Waals surface area contributed by atoms with Gasteiger partial charge in [0.25, 0.3) is 0 Å². The highest BCUT2D eigenvalue weighted by Gasteiger charge is 2.18. The Kier molecular flexibility index (Phi) is 6.42. The van der Waals surface area contributed by atoms with E-state index in [1.54, 1.807) is 13.3 Å². The smallest absolute Gasteiger partial charge is 0.169 e. The highest BCUT2D eigenvalue weighted by Crippen LogP contribution is 2.27. The van der Waals surface area contributed by atoms with Gasteiger partial charge in [-0.05, 0) is 81.7 Å². The fourth-order valence-electron chi connectivity index (χ4n) is 3.42. The van der Waals surface area contributed by atoms with Gasteiger partial charge in [-0.2, -0.15) is 0 Å². The maximum atomic E-state index is 5.75. The first-order valence-electron chi connectivity index (χ1n) is 9.88. The summed E-state index contributed by atoms with van der Waals surface area (Å²) in [6.45, 7) is 10.0. The Bertz CT molecular complexity index is 976. The van der Waals surface area contributed by atoms with E-state index in [2.05, 4.69) is 66.1 Å². The van der Waals surface area contributed by atoms with Crippen molar-refractivity contribution in [3.63, 3.8) is 0 Å². The molecule has 0 spiro atoms. The molecule has 0 atom stereocenters. The number of ether oxygens (including phenoxy) is 1. The molecule has 29 heavy (non-hydrogen) atoms. The highest BCUT2D eigenvalue weighted by atomic mass is 32.1. The monoisotopic (exact) mass is 410 g/mol. The van der Waals surface area contributed by atoms with Crippen LogP contribution in [0.1, 0.15) is 37.6 Å². The largest absolute Gasteiger partial charge is 0.497 e. The van der Waals surface area contributed by atoms with Crippen LogP contribution in [0, 0.1) is 6.92 Å². The molecule has 154 valence electrons. The van der Waals surface area contributed by atoms with Gasteiger partial charge >= 0.3 is 0 Å². The summed E-state index contributed by atoms with van der Waals surface area (Å²) in [6.07, 6.45) is 4.57. The van der Waals surface area contributed by atoms with Crippen LogP contribution in [0.4, 0.5) is 0 Å². The molecule has 6 heteroatoms. The van der Waals surface area contributed by atoms with Crippen LogP contribution in [0.5, 0.6) is 5.75 Å². The molecule has 0 bridgehead atoms. The molecule has 2 heterocycles. The number of H-pyrrole nitrogens is 1. The van der Waals surface area contributed by atoms with Gasteiger partial charge in [0, 0.05) is 47.6 Å². The fourth-order valence-corrected chi connectivity index (χ4v) is 3.88. The molecule has 5 nitrogen and oxygen atoms in total. The van der Waals surface area contributed by atoms with E-state index in [0.29, 0.717) is 0 Å². The SMILES string of the molecule is COc1ccc2[nH]c(C)c(CCN(Cc3cccnc3)C(=S)NC(C)(C)C)c2c1. The lowest BCUT2D eigenvalue weighted by molar-refractivity contribution is 0.384. The molecule has 0 amide bonds. The molecule has 1 aromatic carbocycles. The predicted octanol–water partition coefficient (Wildman–Crippen LogP) is 4.60. The standard InChI is InChI=1S/C23H30N4OS/c1-16-19(20-13-18(28-5)8-9-21(20)25-16)10-12-27(22(29)26-23(2,3)4)15-17-7-6-11-24-14-17/h6-9,11,13-14,25H,10,12,15H2,1-5H3,(H,26,29). The lowest BCUT2D eigenvalue weighted by Crippen LogP contribution is -2.48. The van der Waals surface area contributed by atoms with Gasteiger partial charge in [-0.1, -0.05) is 6.07 Å². The Labute approximate surface area is 178 Å². The number of nitrogens with one attached hydrogen (secondary N) is 2. The number of thiocarbonyl (C=S) groups is 1. The van der Waals surface area contributed by atoms with Crippen molar-refractivity contribution < 1.29 is 4.74 Å². The van der Waals surface area contributed by atoms with E-state index >= 15 is 0 Å². The minimum absolute atomic E-state index is 0.0890. The third kappa shape index (κ3) is 5.48. The van der Waals surface area contributed by atoms with Gasteiger partial charge < -0.3 is 19.9 Å². The van der Waals surface area contributed by atoms with E-state index in [0.717, 1.165) is 41.5 Å². The zero-order chi connectivity index (χ0) is 21.0. The number of benzene rings is 1. The van der Waals surface area contributed by atoms with Crippen molar-refractivity contribution in [1.82, 2.24) is 20.2 Å². The van der Waals surface area contributed by atoms with Crippen molar-refractivity contribution in [2.75, 3.05) is 13.7 Å². The Morgan fingerprint density at radius 2 is 2.07 bits per heavy atom. The Morgan fingerprint density at radius 1 is 1.28 bits per heavy atom. The Hall–Kier alpha value is -2.60. The second kappa shape index (κ2) is 8.82. The van der Waals surface area contributed by atoms with Gasteiger partial charge in [-0.15, -0.1) is 0 Å². The van der Waals surface area contributed by atoms with Gasteiger partial charge in [-0.3, -0.25) is 4.98 Å². The normalized spacial score (nSPS) is 11.5. The van der Waals surface area contributed by atoms with Crippen LogP contribution in [-0.4, -0.2) is 39.2 Å². The fraction of sp³-hybridized carbons (Fsp3) is 0.391. The molecule has 0 fully saturated rings. The first-order valence-corrected chi connectivity index (χ1v) is 10.3. The molecule has 0 aliphatic rings. The van der Waals surface area contributed by atoms with Gasteiger partial charge in [0.2, 0.25) is 0 Å². The summed E-state index contributed by atoms with van der Waals surface area (Å²) in [6, 6.07) is 10.2. The summed E-state index contributed by atoms with van der Waals surface area (Å²) >= 11 is 5.75. The number of nitrogens with zero attached hydrogens (tertiary/aromatic N) is 2. The maximum absolute atomic E-state index is 5.75. The first kappa shape index (κ1) is 21.1. The molecule has 0 saturated carbocycles. The Balaban J connectivity index is 1.83. The minimum Gasteiger partial charge on any atom is -0.497 e. The molecule has 3 aromatic rings. The maximum Gasteiger partial charge on any atom is 0.169 e. The molecule has 0 radical (unpaired) electrons. The van der Waals surface area contributed by atoms with E-state index in [4.69, 9.17) is 17.0 Å². The lowest BCUT2D eigenvalue weighted by atomic mass is 10.1. The number of aromatic nitrogens is 2. The highest BCUT2D eigenvalue weighted by molar-refractivity contribution is 7.80. The molecule has 0 aliphatic heterocycles. The lowest BCUT2D eigenvalue weighted by Gasteiger charge is -2.31. The average Bonchev–Trinajstić information content (AvgIpc) is 2.98. The van der Waals surface area contributed by atoms with E-state index < -0.39 is 0 Å². The van der Waals surface area contributed by atoms with Crippen LogP contribution in [0.2, 0.25) is 0 Å². The van der Waals surface area contributed by atoms with Crippen LogP contribution in [0.25, 0.3) is 10.9 Å². The molecular weight excluding hydrogens is 380 g/mol. The number of methoxy groups -OCH3 is 1. The molecule has 3 rings (SSSR count). The number of aromatic amines is 1. The quantitative estimate of drug-likeness (QED) is 0.582. The van der Waals surface area contributed by atoms with Crippen LogP contribution in [0.15, 0.2) is 42.7 Å². The Morgan fingerprint density at radius 3 is 2.72 bits per heavy atom. The van der Waals surface area contributed by atoms with Crippen molar-refractivity contribution in [2.45, 2.75) is 46.2 Å². The van der Waals surface area contributed by atoms with Crippen LogP contribution in [-0.2, 0) is 13.0 Å². The topological polar surface area (TPSA) is 53.2 Å². The molecule has 0 saturated heterocycles. The summed E-state index contributed by atoms with van der Waals surface area (Å²) in [4.78, 5) is 9.95. The molecule has 2 aromatic heterocycles. The third-order valence-corrected chi connectivity index (χ3v) is 5.18. The van der Waals surface area contributed by atoms with Crippen molar-refractivity contribution in [2.24, 2.45) is 0 Å². The van der Waals surface area contributed by atoms with Gasteiger partial charge in [-0.25, -0.2) is 0 Å². The third-order valence-electron chi connectivity index (χ3n) is 4.82. The number of hydrogen-bond acceptors (Lipinski definition) is 3. The molecule has 2 N–H and O–H groups in total. The number of fused-ring (bicyclic) bond motifs is 1. The number of aryl methyl sites for hydroxylation is 1. The summed E-state index contributed by atoms with van der Waals surface area (Å²) in [5, 5.41) is 5.42.